The summed E-state index contributed by atoms with van der Waals surface area (Å²) in [6.45, 7) is 2.46. The van der Waals surface area contributed by atoms with Crippen LogP contribution in [0.4, 0.5) is 0 Å². The van der Waals surface area contributed by atoms with Crippen LogP contribution in [0.15, 0.2) is 58.2 Å². The molecule has 0 spiro atoms. The van der Waals surface area contributed by atoms with Crippen molar-refractivity contribution in [2.75, 3.05) is 13.6 Å². The lowest BCUT2D eigenvalue weighted by Gasteiger charge is -2.23. The first-order valence-electron chi connectivity index (χ1n) is 8.78. The van der Waals surface area contributed by atoms with Gasteiger partial charge in [0.05, 0.1) is 24.6 Å². The maximum absolute atomic E-state index is 12.4. The molecule has 0 N–H and O–H groups in total. The molecule has 1 atom stereocenters. The van der Waals surface area contributed by atoms with Gasteiger partial charge in [-0.2, -0.15) is 5.10 Å². The summed E-state index contributed by atoms with van der Waals surface area (Å²) in [6, 6.07) is 13.3. The van der Waals surface area contributed by atoms with Gasteiger partial charge in [0, 0.05) is 26.3 Å². The Kier molecular flexibility index (Phi) is 5.51. The van der Waals surface area contributed by atoms with E-state index >= 15 is 0 Å². The van der Waals surface area contributed by atoms with Crippen molar-refractivity contribution in [1.82, 2.24) is 9.91 Å². The van der Waals surface area contributed by atoms with Gasteiger partial charge in [0.25, 0.3) is 0 Å². The fourth-order valence-electron chi connectivity index (χ4n) is 2.93. The van der Waals surface area contributed by atoms with Crippen molar-refractivity contribution in [3.63, 3.8) is 0 Å². The Balaban J connectivity index is 1.52. The second-order valence-electron chi connectivity index (χ2n) is 6.38. The quantitative estimate of drug-likeness (QED) is 0.801. The van der Waals surface area contributed by atoms with Crippen molar-refractivity contribution in [2.45, 2.75) is 32.2 Å². The van der Waals surface area contributed by atoms with Crippen LogP contribution in [0.5, 0.6) is 0 Å². The molecule has 1 aromatic carbocycles. The van der Waals surface area contributed by atoms with E-state index in [-0.39, 0.29) is 30.7 Å². The highest BCUT2D eigenvalue weighted by atomic mass is 16.3. The molecule has 0 bridgehead atoms. The number of carbonyl (C=O) groups excluding carboxylic acids is 2. The zero-order chi connectivity index (χ0) is 18.5. The summed E-state index contributed by atoms with van der Waals surface area (Å²) >= 11 is 0. The summed E-state index contributed by atoms with van der Waals surface area (Å²) in [7, 11) is 1.72. The monoisotopic (exact) mass is 353 g/mol. The molecule has 2 heterocycles. The lowest BCUT2D eigenvalue weighted by Crippen LogP contribution is -2.31. The van der Waals surface area contributed by atoms with E-state index in [1.54, 1.807) is 24.3 Å². The summed E-state index contributed by atoms with van der Waals surface area (Å²) in [6.07, 6.45) is 2.63. The van der Waals surface area contributed by atoms with Gasteiger partial charge in [-0.3, -0.25) is 9.59 Å². The Morgan fingerprint density at radius 3 is 2.65 bits per heavy atom. The average Bonchev–Trinajstić information content (AvgIpc) is 3.37. The van der Waals surface area contributed by atoms with Crippen LogP contribution in [0.1, 0.15) is 43.6 Å². The number of amides is 2. The Morgan fingerprint density at radius 1 is 1.19 bits per heavy atom. The largest absolute Gasteiger partial charge is 0.467 e. The number of hydrogen-bond donors (Lipinski definition) is 0. The predicted octanol–water partition coefficient (Wildman–Crippen LogP) is 3.22. The molecule has 26 heavy (non-hydrogen) atoms. The number of hydrogen-bond acceptors (Lipinski definition) is 4. The van der Waals surface area contributed by atoms with Crippen LogP contribution < -0.4 is 0 Å². The SMILES string of the molecule is CC(c1ccco1)N(C)C(=O)CCC(=O)N1CCC(c2ccccc2)=N1. The van der Waals surface area contributed by atoms with Gasteiger partial charge < -0.3 is 9.32 Å². The maximum Gasteiger partial charge on any atom is 0.243 e. The molecule has 0 fully saturated rings. The molecule has 6 nitrogen and oxygen atoms in total. The van der Waals surface area contributed by atoms with Gasteiger partial charge in [0.2, 0.25) is 11.8 Å². The fraction of sp³-hybridized carbons (Fsp3) is 0.350. The van der Waals surface area contributed by atoms with E-state index in [9.17, 15) is 9.59 Å². The van der Waals surface area contributed by atoms with Crippen LogP contribution in [-0.4, -0.2) is 41.0 Å². The van der Waals surface area contributed by atoms with Gasteiger partial charge in [-0.1, -0.05) is 30.3 Å². The van der Waals surface area contributed by atoms with Gasteiger partial charge in [0.15, 0.2) is 0 Å². The van der Waals surface area contributed by atoms with Crippen LogP contribution in [0.2, 0.25) is 0 Å². The van der Waals surface area contributed by atoms with E-state index in [1.165, 1.54) is 5.01 Å². The number of carbonyl (C=O) groups is 2. The first-order chi connectivity index (χ1) is 12.6. The molecule has 0 radical (unpaired) electrons. The molecule has 2 aromatic rings. The van der Waals surface area contributed by atoms with Crippen molar-refractivity contribution >= 4 is 17.5 Å². The van der Waals surface area contributed by atoms with Crippen LogP contribution >= 0.6 is 0 Å². The molecule has 0 aliphatic carbocycles. The van der Waals surface area contributed by atoms with Crippen LogP contribution in [0.3, 0.4) is 0 Å². The predicted molar refractivity (Wildman–Crippen MR) is 98.4 cm³/mol. The van der Waals surface area contributed by atoms with Gasteiger partial charge in [-0.25, -0.2) is 5.01 Å². The molecule has 2 amide bonds. The fourth-order valence-corrected chi connectivity index (χ4v) is 2.93. The van der Waals surface area contributed by atoms with Crippen molar-refractivity contribution in [3.05, 3.63) is 60.1 Å². The van der Waals surface area contributed by atoms with Crippen molar-refractivity contribution < 1.29 is 14.0 Å². The summed E-state index contributed by atoms with van der Waals surface area (Å²) in [5.41, 5.74) is 1.94. The molecule has 3 rings (SSSR count). The number of rotatable bonds is 6. The number of benzene rings is 1. The van der Waals surface area contributed by atoms with E-state index in [0.717, 1.165) is 23.5 Å². The van der Waals surface area contributed by atoms with Crippen molar-refractivity contribution in [1.29, 1.82) is 0 Å². The smallest absolute Gasteiger partial charge is 0.243 e. The normalized spacial score (nSPS) is 14.8. The molecule has 0 saturated carbocycles. The van der Waals surface area contributed by atoms with Crippen LogP contribution in [0, 0.1) is 0 Å². The topological polar surface area (TPSA) is 66.1 Å². The van der Waals surface area contributed by atoms with Gasteiger partial charge in [0.1, 0.15) is 5.76 Å². The molecular weight excluding hydrogens is 330 g/mol. The second-order valence-corrected chi connectivity index (χ2v) is 6.38. The Bertz CT molecular complexity index is 784. The van der Waals surface area contributed by atoms with Crippen molar-refractivity contribution in [2.24, 2.45) is 5.10 Å². The molecule has 1 aromatic heterocycles. The maximum atomic E-state index is 12.4. The highest BCUT2D eigenvalue weighted by molar-refractivity contribution is 6.02. The van der Waals surface area contributed by atoms with E-state index in [4.69, 9.17) is 4.42 Å². The highest BCUT2D eigenvalue weighted by Crippen LogP contribution is 2.20. The highest BCUT2D eigenvalue weighted by Gasteiger charge is 2.24. The first kappa shape index (κ1) is 17.9. The summed E-state index contributed by atoms with van der Waals surface area (Å²) in [5.74, 6) is 0.515. The second kappa shape index (κ2) is 7.99. The third-order valence-corrected chi connectivity index (χ3v) is 4.68. The van der Waals surface area contributed by atoms with Crippen LogP contribution in [0.25, 0.3) is 0 Å². The van der Waals surface area contributed by atoms with Crippen molar-refractivity contribution in [3.8, 4) is 0 Å². The molecule has 1 unspecified atom stereocenters. The third-order valence-electron chi connectivity index (χ3n) is 4.68. The number of furan rings is 1. The standard InChI is InChI=1S/C20H23N3O3/c1-15(18-9-6-14-26-18)22(2)19(24)10-11-20(25)23-13-12-17(21-23)16-7-4-3-5-8-16/h3-9,14-15H,10-13H2,1-2H3. The summed E-state index contributed by atoms with van der Waals surface area (Å²) < 4.78 is 5.34. The molecule has 0 saturated heterocycles. The van der Waals surface area contributed by atoms with E-state index in [2.05, 4.69) is 5.10 Å². The van der Waals surface area contributed by atoms with Gasteiger partial charge in [-0.05, 0) is 24.6 Å². The molecule has 1 aliphatic rings. The minimum Gasteiger partial charge on any atom is -0.467 e. The van der Waals surface area contributed by atoms with Gasteiger partial charge >= 0.3 is 0 Å². The average molecular weight is 353 g/mol. The summed E-state index contributed by atoms with van der Waals surface area (Å²) in [5, 5.41) is 5.90. The lowest BCUT2D eigenvalue weighted by atomic mass is 10.1. The molecular formula is C20H23N3O3. The lowest BCUT2D eigenvalue weighted by molar-refractivity contribution is -0.137. The van der Waals surface area contributed by atoms with E-state index < -0.39 is 0 Å². The summed E-state index contributed by atoms with van der Waals surface area (Å²) in [4.78, 5) is 26.3. The first-order valence-corrected chi connectivity index (χ1v) is 8.78. The van der Waals surface area contributed by atoms with E-state index in [0.29, 0.717) is 6.54 Å². The third kappa shape index (κ3) is 4.02. The molecule has 1 aliphatic heterocycles. The zero-order valence-electron chi connectivity index (χ0n) is 15.1. The number of nitrogens with zero attached hydrogens (tertiary/aromatic N) is 3. The number of hydrazone groups is 1. The molecule has 136 valence electrons. The molecule has 6 heteroatoms. The Morgan fingerprint density at radius 2 is 1.96 bits per heavy atom. The minimum atomic E-state index is -0.165. The Hall–Kier alpha value is -2.89. The Labute approximate surface area is 153 Å². The van der Waals surface area contributed by atoms with E-state index in [1.807, 2.05) is 43.3 Å². The van der Waals surface area contributed by atoms with Gasteiger partial charge in [-0.15, -0.1) is 0 Å². The van der Waals surface area contributed by atoms with Crippen LogP contribution in [-0.2, 0) is 9.59 Å². The minimum absolute atomic E-state index is 0.0892. The zero-order valence-corrected chi connectivity index (χ0v) is 15.1.